The molecule has 1 fully saturated rings. The Hall–Kier alpha value is -1.99. The van der Waals surface area contributed by atoms with Gasteiger partial charge in [0.2, 0.25) is 10.0 Å². The molecule has 1 aliphatic heterocycles. The van der Waals surface area contributed by atoms with Crippen LogP contribution in [0.4, 0.5) is 0 Å². The molecule has 0 spiro atoms. The third-order valence-electron chi connectivity index (χ3n) is 4.93. The number of hydrogen-bond donors (Lipinski definition) is 1. The molecule has 1 heterocycles. The zero-order chi connectivity index (χ0) is 19.7. The fourth-order valence-electron chi connectivity index (χ4n) is 3.83. The number of carbonyl (C=O) groups is 1. The van der Waals surface area contributed by atoms with E-state index in [2.05, 4.69) is 31.3 Å². The zero-order valence-corrected chi connectivity index (χ0v) is 17.0. The van der Waals surface area contributed by atoms with Gasteiger partial charge in [-0.2, -0.15) is 9.41 Å². The molecule has 0 radical (unpaired) electrons. The van der Waals surface area contributed by atoms with Gasteiger partial charge in [-0.3, -0.25) is 4.79 Å². The van der Waals surface area contributed by atoms with Gasteiger partial charge in [0.05, 0.1) is 10.6 Å². The van der Waals surface area contributed by atoms with Crippen molar-refractivity contribution in [3.63, 3.8) is 0 Å². The number of rotatable bonds is 4. The summed E-state index contributed by atoms with van der Waals surface area (Å²) < 4.78 is 26.8. The van der Waals surface area contributed by atoms with Gasteiger partial charge >= 0.3 is 0 Å². The summed E-state index contributed by atoms with van der Waals surface area (Å²) in [6.07, 6.45) is 5.55. The van der Waals surface area contributed by atoms with Crippen molar-refractivity contribution in [1.29, 1.82) is 0 Å². The van der Waals surface area contributed by atoms with Crippen LogP contribution >= 0.6 is 0 Å². The number of hydrazone groups is 1. The maximum absolute atomic E-state index is 12.7. The molecule has 2 aliphatic rings. The molecule has 1 aromatic rings. The third-order valence-corrected chi connectivity index (χ3v) is 6.82. The van der Waals surface area contributed by atoms with Gasteiger partial charge in [0, 0.05) is 18.7 Å². The topological polar surface area (TPSA) is 78.8 Å². The highest BCUT2D eigenvalue weighted by Crippen LogP contribution is 2.33. The molecular weight excluding hydrogens is 362 g/mol. The maximum Gasteiger partial charge on any atom is 0.271 e. The van der Waals surface area contributed by atoms with Crippen molar-refractivity contribution >= 4 is 21.6 Å². The third kappa shape index (κ3) is 4.65. The van der Waals surface area contributed by atoms with Gasteiger partial charge in [-0.25, -0.2) is 13.8 Å². The summed E-state index contributed by atoms with van der Waals surface area (Å²) in [6.45, 7) is 7.48. The molecule has 146 valence electrons. The van der Waals surface area contributed by atoms with E-state index < -0.39 is 15.9 Å². The van der Waals surface area contributed by atoms with E-state index in [1.54, 1.807) is 12.1 Å². The maximum atomic E-state index is 12.7. The monoisotopic (exact) mass is 389 g/mol. The molecule has 1 aromatic carbocycles. The molecule has 7 heteroatoms. The highest BCUT2D eigenvalue weighted by molar-refractivity contribution is 7.89. The van der Waals surface area contributed by atoms with E-state index in [4.69, 9.17) is 0 Å². The molecule has 27 heavy (non-hydrogen) atoms. The van der Waals surface area contributed by atoms with Crippen molar-refractivity contribution in [1.82, 2.24) is 9.73 Å². The number of carbonyl (C=O) groups excluding carboxylic acids is 1. The Kier molecular flexibility index (Phi) is 5.53. The molecule has 3 rings (SSSR count). The van der Waals surface area contributed by atoms with Crippen molar-refractivity contribution in [2.45, 2.75) is 51.3 Å². The molecule has 1 aliphatic carbocycles. The van der Waals surface area contributed by atoms with Crippen LogP contribution in [-0.2, 0) is 10.0 Å². The fourth-order valence-corrected chi connectivity index (χ4v) is 5.39. The average molecular weight is 390 g/mol. The summed E-state index contributed by atoms with van der Waals surface area (Å²) in [5.74, 6) is -0.407. The number of allylic oxidation sites excluding steroid dienone is 2. The first kappa shape index (κ1) is 19.8. The Morgan fingerprint density at radius 3 is 2.56 bits per heavy atom. The molecular formula is C20H27N3O3S. The van der Waals surface area contributed by atoms with Gasteiger partial charge in [0.25, 0.3) is 5.91 Å². The largest absolute Gasteiger partial charge is 0.271 e. The van der Waals surface area contributed by atoms with Crippen molar-refractivity contribution < 1.29 is 13.2 Å². The number of nitrogens with zero attached hydrogens (tertiary/aromatic N) is 2. The molecule has 0 aromatic heterocycles. The van der Waals surface area contributed by atoms with Crippen LogP contribution in [0.5, 0.6) is 0 Å². The van der Waals surface area contributed by atoms with Gasteiger partial charge in [-0.05, 0) is 62.3 Å². The number of hydrogen-bond acceptors (Lipinski definition) is 4. The lowest BCUT2D eigenvalue weighted by Crippen LogP contribution is -2.28. The lowest BCUT2D eigenvalue weighted by molar-refractivity contribution is 0.0954. The number of sulfonamides is 1. The molecule has 6 nitrogen and oxygen atoms in total. The highest BCUT2D eigenvalue weighted by atomic mass is 32.2. The van der Waals surface area contributed by atoms with Crippen molar-refractivity contribution in [3.05, 3.63) is 41.5 Å². The first-order valence-corrected chi connectivity index (χ1v) is 10.8. The van der Waals surface area contributed by atoms with Crippen LogP contribution < -0.4 is 5.43 Å². The first-order valence-electron chi connectivity index (χ1n) is 9.32. The minimum absolute atomic E-state index is 0.117. The van der Waals surface area contributed by atoms with E-state index in [0.29, 0.717) is 13.1 Å². The molecule has 0 bridgehead atoms. The van der Waals surface area contributed by atoms with Gasteiger partial charge < -0.3 is 0 Å². The lowest BCUT2D eigenvalue weighted by atomic mass is 9.77. The standard InChI is InChI=1S/C20H27N3O3S/c1-15-11-17(14-20(2,3)13-15)21-22-19(24)16-7-6-8-18(12-16)27(25,26)23-9-4-5-10-23/h6-8,11-12H,4-5,9-10,13-14H2,1-3H3,(H,22,24)/b21-17+. The number of benzene rings is 1. The minimum Gasteiger partial charge on any atom is -0.267 e. The second-order valence-corrected chi connectivity index (χ2v) is 10.1. The minimum atomic E-state index is -3.54. The first-order chi connectivity index (χ1) is 12.7. The zero-order valence-electron chi connectivity index (χ0n) is 16.2. The van der Waals surface area contributed by atoms with E-state index in [-0.39, 0.29) is 15.9 Å². The van der Waals surface area contributed by atoms with Crippen molar-refractivity contribution in [2.24, 2.45) is 10.5 Å². The summed E-state index contributed by atoms with van der Waals surface area (Å²) >= 11 is 0. The van der Waals surface area contributed by atoms with Crippen molar-refractivity contribution in [3.8, 4) is 0 Å². The summed E-state index contributed by atoms with van der Waals surface area (Å²) in [6, 6.07) is 6.16. The van der Waals surface area contributed by atoms with Crippen LogP contribution in [-0.4, -0.2) is 37.4 Å². The second-order valence-electron chi connectivity index (χ2n) is 8.19. The SMILES string of the molecule is CC1=C/C(=N\NC(=O)c2cccc(S(=O)(=O)N3CCCC3)c2)CC(C)(C)C1. The Bertz CT molecular complexity index is 895. The Morgan fingerprint density at radius 2 is 1.89 bits per heavy atom. The van der Waals surface area contributed by atoms with Crippen LogP contribution in [0.1, 0.15) is 56.8 Å². The molecule has 1 saturated heterocycles. The summed E-state index contributed by atoms with van der Waals surface area (Å²) in [7, 11) is -3.54. The normalized spacial score (nSPS) is 21.9. The molecule has 0 unspecified atom stereocenters. The van der Waals surface area contributed by atoms with Crippen LogP contribution in [0.3, 0.4) is 0 Å². The highest BCUT2D eigenvalue weighted by Gasteiger charge is 2.28. The van der Waals surface area contributed by atoms with E-state index in [1.165, 1.54) is 22.0 Å². The Morgan fingerprint density at radius 1 is 1.19 bits per heavy atom. The summed E-state index contributed by atoms with van der Waals surface area (Å²) in [5.41, 5.74) is 5.04. The van der Waals surface area contributed by atoms with Crippen LogP contribution in [0.25, 0.3) is 0 Å². The lowest BCUT2D eigenvalue weighted by Gasteiger charge is -2.29. The predicted molar refractivity (Wildman–Crippen MR) is 106 cm³/mol. The molecule has 1 amide bonds. The van der Waals surface area contributed by atoms with Gasteiger partial charge in [-0.15, -0.1) is 0 Å². The summed E-state index contributed by atoms with van der Waals surface area (Å²) in [5, 5.41) is 4.26. The quantitative estimate of drug-likeness (QED) is 0.802. The Labute approximate surface area is 161 Å². The van der Waals surface area contributed by atoms with Gasteiger partial charge in [-0.1, -0.05) is 25.5 Å². The average Bonchev–Trinajstić information content (AvgIpc) is 3.13. The number of nitrogens with one attached hydrogen (secondary N) is 1. The Balaban J connectivity index is 1.76. The van der Waals surface area contributed by atoms with Crippen LogP contribution in [0.2, 0.25) is 0 Å². The fraction of sp³-hybridized carbons (Fsp3) is 0.500. The molecule has 0 saturated carbocycles. The molecule has 1 N–H and O–H groups in total. The predicted octanol–water partition coefficient (Wildman–Crippen LogP) is 3.32. The second kappa shape index (κ2) is 7.56. The van der Waals surface area contributed by atoms with E-state index in [1.807, 2.05) is 6.08 Å². The van der Waals surface area contributed by atoms with Crippen LogP contribution in [0.15, 0.2) is 45.9 Å². The van der Waals surface area contributed by atoms with Crippen LogP contribution in [0, 0.1) is 5.41 Å². The van der Waals surface area contributed by atoms with Crippen molar-refractivity contribution in [2.75, 3.05) is 13.1 Å². The van der Waals surface area contributed by atoms with E-state index in [9.17, 15) is 13.2 Å². The molecule has 0 atom stereocenters. The van der Waals surface area contributed by atoms with Gasteiger partial charge in [0.1, 0.15) is 0 Å². The van der Waals surface area contributed by atoms with E-state index >= 15 is 0 Å². The van der Waals surface area contributed by atoms with E-state index in [0.717, 1.165) is 31.4 Å². The smallest absolute Gasteiger partial charge is 0.267 e. The number of amides is 1. The van der Waals surface area contributed by atoms with Gasteiger partial charge in [0.15, 0.2) is 0 Å². The summed E-state index contributed by atoms with van der Waals surface area (Å²) in [4.78, 5) is 12.6.